The number of carbonyl (C=O) groups excluding carboxylic acids is 2. The Morgan fingerprint density at radius 2 is 1.87 bits per heavy atom. The minimum absolute atomic E-state index is 0.0245. The second kappa shape index (κ2) is 8.61. The van der Waals surface area contributed by atoms with E-state index in [1.54, 1.807) is 17.4 Å². The maximum atomic E-state index is 12.4. The summed E-state index contributed by atoms with van der Waals surface area (Å²) in [6.45, 7) is -0.286. The summed E-state index contributed by atoms with van der Waals surface area (Å²) in [5.74, 6) is -0.769. The van der Waals surface area contributed by atoms with Crippen molar-refractivity contribution >= 4 is 44.8 Å². The molecule has 1 atom stereocenters. The molecule has 2 aromatic carbocycles. The number of nitrogens with one attached hydrogen (secondary N) is 1. The van der Waals surface area contributed by atoms with E-state index in [4.69, 9.17) is 4.74 Å². The summed E-state index contributed by atoms with van der Waals surface area (Å²) in [5, 5.41) is 3.88. The summed E-state index contributed by atoms with van der Waals surface area (Å²) < 4.78 is 6.38. The first-order valence-corrected chi connectivity index (χ1v) is 11.8. The molecule has 0 saturated heterocycles. The molecule has 5 nitrogen and oxygen atoms in total. The molecule has 0 aliphatic heterocycles. The van der Waals surface area contributed by atoms with Crippen LogP contribution in [0.4, 0.5) is 0 Å². The maximum Gasteiger partial charge on any atom is 0.348 e. The number of fused-ring (bicyclic) bond motifs is 2. The third kappa shape index (κ3) is 4.24. The Labute approximate surface area is 187 Å². The van der Waals surface area contributed by atoms with Gasteiger partial charge < -0.3 is 10.1 Å². The fourth-order valence-electron chi connectivity index (χ4n) is 3.88. The van der Waals surface area contributed by atoms with E-state index in [-0.39, 0.29) is 18.6 Å². The highest BCUT2D eigenvalue weighted by atomic mass is 32.1. The highest BCUT2D eigenvalue weighted by molar-refractivity contribution is 7.26. The first-order valence-electron chi connectivity index (χ1n) is 10.2. The van der Waals surface area contributed by atoms with Gasteiger partial charge in [-0.3, -0.25) is 4.79 Å². The molecule has 1 amide bonds. The summed E-state index contributed by atoms with van der Waals surface area (Å²) in [6.07, 6.45) is 2.96. The SMILES string of the molecule is O=C(COC(=O)c1ccc(-c2nc3ccccc3s2)s1)NC1CCCc2ccccc21. The second-order valence-electron chi connectivity index (χ2n) is 7.44. The first kappa shape index (κ1) is 19.9. The zero-order chi connectivity index (χ0) is 21.2. The number of hydrogen-bond acceptors (Lipinski definition) is 6. The highest BCUT2D eigenvalue weighted by Gasteiger charge is 2.22. The molecule has 156 valence electrons. The van der Waals surface area contributed by atoms with Gasteiger partial charge in [-0.2, -0.15) is 0 Å². The predicted octanol–water partition coefficient (Wildman–Crippen LogP) is 5.38. The number of aromatic nitrogens is 1. The lowest BCUT2D eigenvalue weighted by atomic mass is 9.88. The summed E-state index contributed by atoms with van der Waals surface area (Å²) in [4.78, 5) is 30.8. The lowest BCUT2D eigenvalue weighted by molar-refractivity contribution is -0.125. The van der Waals surface area contributed by atoms with Gasteiger partial charge in [-0.25, -0.2) is 9.78 Å². The van der Waals surface area contributed by atoms with E-state index in [1.807, 2.05) is 42.5 Å². The number of hydrogen-bond donors (Lipinski definition) is 1. The third-order valence-electron chi connectivity index (χ3n) is 5.35. The number of carbonyl (C=O) groups is 2. The van der Waals surface area contributed by atoms with Crippen LogP contribution in [-0.4, -0.2) is 23.5 Å². The molecule has 0 bridgehead atoms. The molecule has 0 fully saturated rings. The molecule has 1 aliphatic carbocycles. The van der Waals surface area contributed by atoms with E-state index >= 15 is 0 Å². The largest absolute Gasteiger partial charge is 0.451 e. The Morgan fingerprint density at radius 1 is 1.03 bits per heavy atom. The van der Waals surface area contributed by atoms with Crippen LogP contribution >= 0.6 is 22.7 Å². The molecular formula is C24H20N2O3S2. The summed E-state index contributed by atoms with van der Waals surface area (Å²) in [5.41, 5.74) is 3.38. The Balaban J connectivity index is 1.20. The molecule has 1 unspecified atom stereocenters. The Kier molecular flexibility index (Phi) is 5.53. The Hall–Kier alpha value is -3.03. The van der Waals surface area contributed by atoms with Gasteiger partial charge in [0.15, 0.2) is 6.61 Å². The maximum absolute atomic E-state index is 12.4. The van der Waals surface area contributed by atoms with Crippen molar-refractivity contribution in [2.24, 2.45) is 0 Å². The molecule has 0 spiro atoms. The van der Waals surface area contributed by atoms with Crippen molar-refractivity contribution in [3.63, 3.8) is 0 Å². The quantitative estimate of drug-likeness (QED) is 0.417. The lowest BCUT2D eigenvalue weighted by Gasteiger charge is -2.26. The van der Waals surface area contributed by atoms with Crippen LogP contribution in [0.5, 0.6) is 0 Å². The van der Waals surface area contributed by atoms with Crippen molar-refractivity contribution in [2.45, 2.75) is 25.3 Å². The number of thiazole rings is 1. The van der Waals surface area contributed by atoms with Crippen molar-refractivity contribution < 1.29 is 14.3 Å². The zero-order valence-electron chi connectivity index (χ0n) is 16.7. The number of rotatable bonds is 5. The minimum Gasteiger partial charge on any atom is -0.451 e. The average molecular weight is 449 g/mol. The third-order valence-corrected chi connectivity index (χ3v) is 7.62. The molecule has 0 saturated carbocycles. The van der Waals surface area contributed by atoms with E-state index in [1.165, 1.54) is 16.9 Å². The van der Waals surface area contributed by atoms with Gasteiger partial charge in [0.1, 0.15) is 9.88 Å². The minimum atomic E-state index is -0.489. The number of amides is 1. The molecular weight excluding hydrogens is 428 g/mol. The van der Waals surface area contributed by atoms with Crippen LogP contribution in [0.1, 0.15) is 39.7 Å². The van der Waals surface area contributed by atoms with Crippen molar-refractivity contribution in [1.82, 2.24) is 10.3 Å². The molecule has 1 N–H and O–H groups in total. The van der Waals surface area contributed by atoms with Gasteiger partial charge in [-0.05, 0) is 54.7 Å². The number of ether oxygens (including phenoxy) is 1. The van der Waals surface area contributed by atoms with Gasteiger partial charge in [-0.15, -0.1) is 22.7 Å². The number of aryl methyl sites for hydroxylation is 1. The molecule has 5 rings (SSSR count). The number of thiophene rings is 1. The molecule has 2 aromatic heterocycles. The molecule has 31 heavy (non-hydrogen) atoms. The van der Waals surface area contributed by atoms with E-state index in [2.05, 4.69) is 22.4 Å². The van der Waals surface area contributed by atoms with E-state index in [9.17, 15) is 9.59 Å². The normalized spacial score (nSPS) is 15.4. The topological polar surface area (TPSA) is 68.3 Å². The van der Waals surface area contributed by atoms with Gasteiger partial charge in [0.2, 0.25) is 0 Å². The van der Waals surface area contributed by atoms with Crippen LogP contribution in [0.25, 0.3) is 20.1 Å². The van der Waals surface area contributed by atoms with Gasteiger partial charge in [0.25, 0.3) is 5.91 Å². The zero-order valence-corrected chi connectivity index (χ0v) is 18.3. The monoisotopic (exact) mass is 448 g/mol. The van der Waals surface area contributed by atoms with Crippen LogP contribution in [-0.2, 0) is 16.0 Å². The van der Waals surface area contributed by atoms with Crippen LogP contribution in [0.15, 0.2) is 60.7 Å². The number of nitrogens with zero attached hydrogens (tertiary/aromatic N) is 1. The van der Waals surface area contributed by atoms with Gasteiger partial charge in [0.05, 0.1) is 21.1 Å². The first-order chi connectivity index (χ1) is 15.2. The fraction of sp³-hybridized carbons (Fsp3) is 0.208. The van der Waals surface area contributed by atoms with Crippen LogP contribution in [0.3, 0.4) is 0 Å². The van der Waals surface area contributed by atoms with Crippen molar-refractivity contribution in [3.05, 3.63) is 76.7 Å². The molecule has 1 aliphatic rings. The highest BCUT2D eigenvalue weighted by Crippen LogP contribution is 2.34. The van der Waals surface area contributed by atoms with Crippen molar-refractivity contribution in [1.29, 1.82) is 0 Å². The number of benzene rings is 2. The van der Waals surface area contributed by atoms with Crippen LogP contribution in [0.2, 0.25) is 0 Å². The Morgan fingerprint density at radius 3 is 2.77 bits per heavy atom. The molecule has 2 heterocycles. The second-order valence-corrected chi connectivity index (χ2v) is 9.55. The van der Waals surface area contributed by atoms with Gasteiger partial charge in [0, 0.05) is 0 Å². The standard InChI is InChI=1S/C24H20N2O3S2/c27-22(25-17-10-5-7-15-6-1-2-8-16(15)17)14-29-24(28)21-13-12-20(30-21)23-26-18-9-3-4-11-19(18)31-23/h1-4,6,8-9,11-13,17H,5,7,10,14H2,(H,25,27). The van der Waals surface area contributed by atoms with Gasteiger partial charge >= 0.3 is 5.97 Å². The smallest absolute Gasteiger partial charge is 0.348 e. The van der Waals surface area contributed by atoms with Crippen molar-refractivity contribution in [2.75, 3.05) is 6.61 Å². The number of esters is 1. The summed E-state index contributed by atoms with van der Waals surface area (Å²) >= 11 is 2.92. The average Bonchev–Trinajstić information content (AvgIpc) is 3.45. The summed E-state index contributed by atoms with van der Waals surface area (Å²) in [7, 11) is 0. The lowest BCUT2D eigenvalue weighted by Crippen LogP contribution is -2.34. The fourth-order valence-corrected chi connectivity index (χ4v) is 5.80. The predicted molar refractivity (Wildman–Crippen MR) is 123 cm³/mol. The molecule has 0 radical (unpaired) electrons. The van der Waals surface area contributed by atoms with Crippen LogP contribution in [0, 0.1) is 0 Å². The Bertz CT molecular complexity index is 1230. The van der Waals surface area contributed by atoms with E-state index < -0.39 is 5.97 Å². The summed E-state index contributed by atoms with van der Waals surface area (Å²) in [6, 6.07) is 19.7. The number of para-hydroxylation sites is 1. The molecule has 7 heteroatoms. The van der Waals surface area contributed by atoms with E-state index in [0.29, 0.717) is 4.88 Å². The van der Waals surface area contributed by atoms with Crippen LogP contribution < -0.4 is 5.32 Å². The molecule has 4 aromatic rings. The van der Waals surface area contributed by atoms with Gasteiger partial charge in [-0.1, -0.05) is 36.4 Å². The van der Waals surface area contributed by atoms with Crippen molar-refractivity contribution in [3.8, 4) is 9.88 Å². The van der Waals surface area contributed by atoms with E-state index in [0.717, 1.165) is 44.9 Å².